The quantitative estimate of drug-likeness (QED) is 0.533. The van der Waals surface area contributed by atoms with Crippen LogP contribution in [-0.4, -0.2) is 16.6 Å². The molecule has 1 aromatic rings. The van der Waals surface area contributed by atoms with Crippen LogP contribution in [0.1, 0.15) is 5.69 Å². The standard InChI is InChI=1S/C8H9ClN2O/c1-3-4-12-7-5-6(2)10-8(9)11-7/h3,5H,1,4H2,2H3. The van der Waals surface area contributed by atoms with Gasteiger partial charge in [0.05, 0.1) is 0 Å². The summed E-state index contributed by atoms with van der Waals surface area (Å²) < 4.78 is 5.16. The lowest BCUT2D eigenvalue weighted by Gasteiger charge is -2.02. The van der Waals surface area contributed by atoms with E-state index in [1.165, 1.54) is 0 Å². The van der Waals surface area contributed by atoms with Gasteiger partial charge in [0.1, 0.15) is 6.61 Å². The maximum absolute atomic E-state index is 5.60. The van der Waals surface area contributed by atoms with E-state index in [4.69, 9.17) is 16.3 Å². The van der Waals surface area contributed by atoms with Crippen molar-refractivity contribution in [1.82, 2.24) is 9.97 Å². The molecule has 0 aromatic carbocycles. The Kier molecular flexibility index (Phi) is 3.05. The molecule has 3 nitrogen and oxygen atoms in total. The molecule has 0 radical (unpaired) electrons. The van der Waals surface area contributed by atoms with Crippen LogP contribution < -0.4 is 4.74 Å². The zero-order chi connectivity index (χ0) is 8.97. The Hall–Kier alpha value is -1.09. The fourth-order valence-electron chi connectivity index (χ4n) is 0.723. The predicted molar refractivity (Wildman–Crippen MR) is 47.5 cm³/mol. The molecule has 0 atom stereocenters. The maximum atomic E-state index is 5.60. The summed E-state index contributed by atoms with van der Waals surface area (Å²) in [5.74, 6) is 0.479. The minimum absolute atomic E-state index is 0.203. The van der Waals surface area contributed by atoms with Crippen LogP contribution >= 0.6 is 11.6 Å². The molecule has 0 aliphatic carbocycles. The van der Waals surface area contributed by atoms with Gasteiger partial charge in [0.2, 0.25) is 11.2 Å². The van der Waals surface area contributed by atoms with Crippen molar-refractivity contribution >= 4 is 11.6 Å². The highest BCUT2D eigenvalue weighted by Crippen LogP contribution is 2.11. The lowest BCUT2D eigenvalue weighted by Crippen LogP contribution is -1.97. The molecule has 0 aliphatic heterocycles. The second kappa shape index (κ2) is 4.07. The SMILES string of the molecule is C=CCOc1cc(C)nc(Cl)n1. The third kappa shape index (κ3) is 2.51. The summed E-state index contributed by atoms with van der Waals surface area (Å²) in [7, 11) is 0. The number of nitrogens with zero attached hydrogens (tertiary/aromatic N) is 2. The number of hydrogen-bond donors (Lipinski definition) is 0. The van der Waals surface area contributed by atoms with Crippen LogP contribution in [0.2, 0.25) is 5.28 Å². The molecule has 0 amide bonds. The van der Waals surface area contributed by atoms with Gasteiger partial charge in [-0.25, -0.2) is 4.98 Å². The fraction of sp³-hybridized carbons (Fsp3) is 0.250. The maximum Gasteiger partial charge on any atom is 0.225 e. The van der Waals surface area contributed by atoms with Gasteiger partial charge in [0.15, 0.2) is 0 Å². The molecule has 0 saturated carbocycles. The number of aryl methyl sites for hydroxylation is 1. The molecular formula is C8H9ClN2O. The minimum Gasteiger partial charge on any atom is -0.473 e. The van der Waals surface area contributed by atoms with E-state index in [1.54, 1.807) is 12.1 Å². The molecule has 4 heteroatoms. The van der Waals surface area contributed by atoms with E-state index in [0.29, 0.717) is 12.5 Å². The third-order valence-corrected chi connectivity index (χ3v) is 1.32. The van der Waals surface area contributed by atoms with Gasteiger partial charge >= 0.3 is 0 Å². The fourth-order valence-corrected chi connectivity index (χ4v) is 0.940. The van der Waals surface area contributed by atoms with Crippen molar-refractivity contribution in [3.8, 4) is 5.88 Å². The van der Waals surface area contributed by atoms with Crippen LogP contribution in [0, 0.1) is 6.92 Å². The van der Waals surface area contributed by atoms with Crippen molar-refractivity contribution in [2.24, 2.45) is 0 Å². The Balaban J connectivity index is 2.78. The Bertz CT molecular complexity index is 268. The van der Waals surface area contributed by atoms with E-state index < -0.39 is 0 Å². The van der Waals surface area contributed by atoms with Crippen molar-refractivity contribution in [2.45, 2.75) is 6.92 Å². The molecule has 1 heterocycles. The van der Waals surface area contributed by atoms with E-state index in [-0.39, 0.29) is 5.28 Å². The smallest absolute Gasteiger partial charge is 0.225 e. The summed E-state index contributed by atoms with van der Waals surface area (Å²) in [5, 5.41) is 0.203. The monoisotopic (exact) mass is 184 g/mol. The summed E-state index contributed by atoms with van der Waals surface area (Å²) in [6.07, 6.45) is 1.64. The molecule has 1 rings (SSSR count). The number of ether oxygens (including phenoxy) is 1. The molecule has 0 spiro atoms. The van der Waals surface area contributed by atoms with Crippen molar-refractivity contribution < 1.29 is 4.74 Å². The largest absolute Gasteiger partial charge is 0.473 e. The normalized spacial score (nSPS) is 9.50. The first kappa shape index (κ1) is 9.00. The molecule has 1 aromatic heterocycles. The van der Waals surface area contributed by atoms with Crippen LogP contribution in [-0.2, 0) is 0 Å². The first-order valence-corrected chi connectivity index (χ1v) is 3.85. The number of hydrogen-bond acceptors (Lipinski definition) is 3. The number of halogens is 1. The molecule has 0 N–H and O–H groups in total. The molecule has 64 valence electrons. The zero-order valence-electron chi connectivity index (χ0n) is 6.75. The first-order chi connectivity index (χ1) is 5.72. The topological polar surface area (TPSA) is 35.0 Å². The summed E-state index contributed by atoms with van der Waals surface area (Å²) >= 11 is 5.60. The molecule has 0 fully saturated rings. The summed E-state index contributed by atoms with van der Waals surface area (Å²) in [6, 6.07) is 1.72. The van der Waals surface area contributed by atoms with Gasteiger partial charge in [0, 0.05) is 11.8 Å². The van der Waals surface area contributed by atoms with E-state index in [0.717, 1.165) is 5.69 Å². The van der Waals surface area contributed by atoms with Crippen molar-refractivity contribution in [2.75, 3.05) is 6.61 Å². The zero-order valence-corrected chi connectivity index (χ0v) is 7.51. The van der Waals surface area contributed by atoms with Gasteiger partial charge in [-0.2, -0.15) is 4.98 Å². The minimum atomic E-state index is 0.203. The average molecular weight is 185 g/mol. The Morgan fingerprint density at radius 1 is 1.67 bits per heavy atom. The summed E-state index contributed by atoms with van der Waals surface area (Å²) in [4.78, 5) is 7.75. The molecule has 12 heavy (non-hydrogen) atoms. The van der Waals surface area contributed by atoms with E-state index in [1.807, 2.05) is 6.92 Å². The van der Waals surface area contributed by atoms with E-state index in [2.05, 4.69) is 16.5 Å². The van der Waals surface area contributed by atoms with Gasteiger partial charge < -0.3 is 4.74 Å². The van der Waals surface area contributed by atoms with Gasteiger partial charge in [-0.05, 0) is 18.5 Å². The van der Waals surface area contributed by atoms with Crippen molar-refractivity contribution in [3.05, 3.63) is 29.7 Å². The van der Waals surface area contributed by atoms with Crippen molar-refractivity contribution in [1.29, 1.82) is 0 Å². The number of aromatic nitrogens is 2. The Morgan fingerprint density at radius 2 is 2.42 bits per heavy atom. The average Bonchev–Trinajstić information content (AvgIpc) is 1.99. The van der Waals surface area contributed by atoms with Crippen LogP contribution in [0.3, 0.4) is 0 Å². The van der Waals surface area contributed by atoms with Crippen LogP contribution in [0.4, 0.5) is 0 Å². The van der Waals surface area contributed by atoms with Gasteiger partial charge in [-0.3, -0.25) is 0 Å². The van der Waals surface area contributed by atoms with Gasteiger partial charge in [-0.15, -0.1) is 0 Å². The predicted octanol–water partition coefficient (Wildman–Crippen LogP) is 2.00. The summed E-state index contributed by atoms with van der Waals surface area (Å²) in [6.45, 7) is 5.77. The highest BCUT2D eigenvalue weighted by Gasteiger charge is 1.98. The second-order valence-electron chi connectivity index (χ2n) is 2.22. The van der Waals surface area contributed by atoms with E-state index in [9.17, 15) is 0 Å². The number of rotatable bonds is 3. The second-order valence-corrected chi connectivity index (χ2v) is 2.55. The Labute approximate surface area is 76.1 Å². The van der Waals surface area contributed by atoms with Crippen LogP contribution in [0.15, 0.2) is 18.7 Å². The van der Waals surface area contributed by atoms with Crippen LogP contribution in [0.25, 0.3) is 0 Å². The van der Waals surface area contributed by atoms with Gasteiger partial charge in [-0.1, -0.05) is 12.7 Å². The van der Waals surface area contributed by atoms with Crippen LogP contribution in [0.5, 0.6) is 5.88 Å². The molecule has 0 unspecified atom stereocenters. The first-order valence-electron chi connectivity index (χ1n) is 3.47. The third-order valence-electron chi connectivity index (χ3n) is 1.15. The highest BCUT2D eigenvalue weighted by atomic mass is 35.5. The molecular weight excluding hydrogens is 176 g/mol. The molecule has 0 bridgehead atoms. The van der Waals surface area contributed by atoms with E-state index >= 15 is 0 Å². The lowest BCUT2D eigenvalue weighted by molar-refractivity contribution is 0.347. The van der Waals surface area contributed by atoms with Crippen molar-refractivity contribution in [3.63, 3.8) is 0 Å². The molecule has 0 aliphatic rings. The lowest BCUT2D eigenvalue weighted by atomic mass is 10.4. The highest BCUT2D eigenvalue weighted by molar-refractivity contribution is 6.28. The van der Waals surface area contributed by atoms with Gasteiger partial charge in [0.25, 0.3) is 0 Å². The summed E-state index contributed by atoms with van der Waals surface area (Å²) in [5.41, 5.74) is 0.786. The molecule has 0 saturated heterocycles. The Morgan fingerprint density at radius 3 is 3.00 bits per heavy atom.